The molecule has 2 aliphatic heterocycles. The Morgan fingerprint density at radius 2 is 1.74 bits per heavy atom. The van der Waals surface area contributed by atoms with E-state index in [-0.39, 0.29) is 34.5 Å². The first kappa shape index (κ1) is 36.1. The predicted octanol–water partition coefficient (Wildman–Crippen LogP) is 2.12. The average Bonchev–Trinajstić information content (AvgIpc) is 3.35. The monoisotopic (exact) mass is 690 g/mol. The van der Waals surface area contributed by atoms with Gasteiger partial charge in [0.15, 0.2) is 12.4 Å². The molecule has 0 bridgehead atoms. The first-order chi connectivity index (χ1) is 21.6. The Morgan fingerprint density at radius 1 is 1.11 bits per heavy atom. The number of carboxylic acids is 1. The second kappa shape index (κ2) is 15.7. The molecule has 0 spiro atoms. The highest BCUT2D eigenvalue weighted by Gasteiger charge is 2.38. The predicted molar refractivity (Wildman–Crippen MR) is 155 cm³/mol. The van der Waals surface area contributed by atoms with Crippen molar-refractivity contribution in [3.63, 3.8) is 0 Å². The number of nitrogens with two attached hydrogens (primary N) is 1. The van der Waals surface area contributed by atoms with E-state index in [0.717, 1.165) is 0 Å². The molecule has 4 rings (SSSR count). The summed E-state index contributed by atoms with van der Waals surface area (Å²) in [6.07, 6.45) is -4.63. The number of ether oxygens (including phenoxy) is 2. The number of rotatable bonds is 9. The lowest BCUT2D eigenvalue weighted by Gasteiger charge is -2.25. The van der Waals surface area contributed by atoms with E-state index in [1.165, 1.54) is 17.0 Å². The number of para-hydroxylation sites is 2. The van der Waals surface area contributed by atoms with Crippen LogP contribution in [0.25, 0.3) is 0 Å². The second-order valence-electron chi connectivity index (χ2n) is 9.88. The Bertz CT molecular complexity index is 1490. The molecular formula is C28H27Cl2F3N4O9. The number of nitrogens with zero attached hydrogens (tertiary/aromatic N) is 1. The molecule has 5 N–H and O–H groups in total. The number of hydrogen-bond acceptors (Lipinski definition) is 9. The lowest BCUT2D eigenvalue weighted by molar-refractivity contribution is -0.192. The lowest BCUT2D eigenvalue weighted by Crippen LogP contribution is -2.52. The molecule has 0 unspecified atom stereocenters. The largest absolute Gasteiger partial charge is 0.490 e. The first-order valence-electron chi connectivity index (χ1n) is 13.4. The van der Waals surface area contributed by atoms with Crippen molar-refractivity contribution in [2.24, 2.45) is 11.7 Å². The molecule has 2 aliphatic rings. The highest BCUT2D eigenvalue weighted by Crippen LogP contribution is 2.31. The molecule has 1 saturated heterocycles. The second-order valence-corrected chi connectivity index (χ2v) is 10.7. The topological polar surface area (TPSA) is 194 Å². The van der Waals surface area contributed by atoms with E-state index in [2.05, 4.69) is 10.6 Å². The van der Waals surface area contributed by atoms with Gasteiger partial charge >= 0.3 is 18.1 Å². The van der Waals surface area contributed by atoms with Crippen molar-refractivity contribution < 1.29 is 56.5 Å². The van der Waals surface area contributed by atoms with Crippen LogP contribution in [0.1, 0.15) is 23.2 Å². The van der Waals surface area contributed by atoms with Gasteiger partial charge in [0.25, 0.3) is 0 Å². The van der Waals surface area contributed by atoms with Crippen molar-refractivity contribution in [3.05, 3.63) is 58.1 Å². The van der Waals surface area contributed by atoms with Gasteiger partial charge < -0.3 is 30.9 Å². The van der Waals surface area contributed by atoms with Crippen LogP contribution >= 0.6 is 23.2 Å². The zero-order valence-corrected chi connectivity index (χ0v) is 25.2. The number of Topliss-reactive ketones (excluding diaryl/α,β-unsaturated/α-hetero) is 1. The van der Waals surface area contributed by atoms with E-state index in [9.17, 15) is 37.1 Å². The number of halogens is 5. The van der Waals surface area contributed by atoms with Gasteiger partial charge in [-0.3, -0.25) is 24.1 Å². The average molecular weight is 691 g/mol. The summed E-state index contributed by atoms with van der Waals surface area (Å²) in [6.45, 7) is -0.783. The van der Waals surface area contributed by atoms with Crippen LogP contribution in [0, 0.1) is 5.92 Å². The van der Waals surface area contributed by atoms with Crippen molar-refractivity contribution in [1.82, 2.24) is 10.6 Å². The Hall–Kier alpha value is -4.41. The fraction of sp³-hybridized carbons (Fsp3) is 0.357. The van der Waals surface area contributed by atoms with Crippen LogP contribution in [-0.2, 0) is 28.7 Å². The van der Waals surface area contributed by atoms with Gasteiger partial charge in [-0.25, -0.2) is 9.59 Å². The fourth-order valence-corrected chi connectivity index (χ4v) is 4.90. The highest BCUT2D eigenvalue weighted by molar-refractivity contribution is 6.39. The molecule has 2 heterocycles. The molecule has 46 heavy (non-hydrogen) atoms. The van der Waals surface area contributed by atoms with Crippen LogP contribution in [-0.4, -0.2) is 85.1 Å². The number of esters is 1. The molecule has 0 radical (unpaired) electrons. The third-order valence-corrected chi connectivity index (χ3v) is 7.25. The smallest absolute Gasteiger partial charge is 0.489 e. The van der Waals surface area contributed by atoms with E-state index in [0.29, 0.717) is 24.4 Å². The zero-order chi connectivity index (χ0) is 34.2. The van der Waals surface area contributed by atoms with E-state index in [1.54, 1.807) is 30.3 Å². The van der Waals surface area contributed by atoms with Crippen molar-refractivity contribution in [2.45, 2.75) is 31.1 Å². The minimum atomic E-state index is -5.08. The number of aliphatic carboxylic acids is 1. The van der Waals surface area contributed by atoms with Crippen molar-refractivity contribution in [2.75, 3.05) is 31.2 Å². The van der Waals surface area contributed by atoms with E-state index >= 15 is 0 Å². The van der Waals surface area contributed by atoms with Gasteiger partial charge in [-0.1, -0.05) is 41.4 Å². The zero-order valence-electron chi connectivity index (χ0n) is 23.6. The lowest BCUT2D eigenvalue weighted by atomic mass is 9.96. The van der Waals surface area contributed by atoms with Gasteiger partial charge in [-0.15, -0.1) is 0 Å². The number of carboxylic acid groups (broad SMARTS) is 1. The number of anilines is 1. The van der Waals surface area contributed by atoms with Crippen molar-refractivity contribution in [1.29, 1.82) is 0 Å². The summed E-state index contributed by atoms with van der Waals surface area (Å²) in [5, 5.41) is 12.5. The molecular weight excluding hydrogens is 664 g/mol. The summed E-state index contributed by atoms with van der Waals surface area (Å²) in [6, 6.07) is 8.94. The SMILES string of the molecule is N[C@H]1COc2ccccc2N(CC(=O)N[C@@H](C[C@@H]2CCNC2=O)C(=O)COC(=O)c2c(Cl)cccc2Cl)C1=O.O=C(O)C(F)(F)F. The van der Waals surface area contributed by atoms with Crippen LogP contribution in [0.5, 0.6) is 5.75 Å². The van der Waals surface area contributed by atoms with Crippen LogP contribution in [0.4, 0.5) is 18.9 Å². The molecule has 0 aliphatic carbocycles. The first-order valence-corrected chi connectivity index (χ1v) is 14.2. The summed E-state index contributed by atoms with van der Waals surface area (Å²) in [5.74, 6) is -5.93. The Morgan fingerprint density at radius 3 is 2.33 bits per heavy atom. The van der Waals surface area contributed by atoms with Gasteiger partial charge in [0, 0.05) is 12.5 Å². The van der Waals surface area contributed by atoms with Crippen LogP contribution in [0.15, 0.2) is 42.5 Å². The molecule has 248 valence electrons. The summed E-state index contributed by atoms with van der Waals surface area (Å²) < 4.78 is 42.5. The molecule has 3 amide bonds. The Balaban J connectivity index is 0.000000738. The number of amides is 3. The Labute approximate surface area is 269 Å². The highest BCUT2D eigenvalue weighted by atomic mass is 35.5. The van der Waals surface area contributed by atoms with E-state index < -0.39 is 66.9 Å². The maximum atomic E-state index is 13.1. The molecule has 13 nitrogen and oxygen atoms in total. The molecule has 2 aromatic rings. The van der Waals surface area contributed by atoms with Gasteiger partial charge in [0.2, 0.25) is 17.7 Å². The summed E-state index contributed by atoms with van der Waals surface area (Å²) in [7, 11) is 0. The fourth-order valence-electron chi connectivity index (χ4n) is 4.35. The van der Waals surface area contributed by atoms with Gasteiger partial charge in [-0.2, -0.15) is 13.2 Å². The van der Waals surface area contributed by atoms with Gasteiger partial charge in [-0.05, 0) is 37.1 Å². The number of fused-ring (bicyclic) bond motifs is 1. The molecule has 18 heteroatoms. The van der Waals surface area contributed by atoms with Gasteiger partial charge in [0.1, 0.15) is 24.9 Å². The number of nitrogens with one attached hydrogen (secondary N) is 2. The maximum absolute atomic E-state index is 13.1. The molecule has 1 fully saturated rings. The van der Waals surface area contributed by atoms with Crippen LogP contribution < -0.4 is 26.0 Å². The summed E-state index contributed by atoms with van der Waals surface area (Å²) in [4.78, 5) is 74.0. The van der Waals surface area contributed by atoms with Crippen molar-refractivity contribution >= 4 is 64.3 Å². The number of hydrogen-bond donors (Lipinski definition) is 4. The normalized spacial score (nSPS) is 18.1. The van der Waals surface area contributed by atoms with Gasteiger partial charge in [0.05, 0.1) is 27.3 Å². The molecule has 2 aromatic carbocycles. The van der Waals surface area contributed by atoms with Crippen molar-refractivity contribution in [3.8, 4) is 5.75 Å². The van der Waals surface area contributed by atoms with E-state index in [4.69, 9.17) is 48.3 Å². The molecule has 3 atom stereocenters. The summed E-state index contributed by atoms with van der Waals surface area (Å²) >= 11 is 12.1. The summed E-state index contributed by atoms with van der Waals surface area (Å²) in [5.41, 5.74) is 6.18. The van der Waals surface area contributed by atoms with Crippen LogP contribution in [0.2, 0.25) is 10.0 Å². The number of benzene rings is 2. The standard InChI is InChI=1S/C26H26Cl2N4O7.C2HF3O2/c27-15-4-3-5-16(28)23(15)26(37)39-13-20(33)18(10-14-8-9-30-24(14)35)31-22(34)11-32-19-6-1-2-7-21(19)38-12-17(29)25(32)36;3-2(4,5)1(6)7/h1-7,14,17-18H,8-13,29H2,(H,30,35)(H,31,34);(H,6,7)/t14-,17-,18-;/m0./s1. The number of ketones is 1. The molecule has 0 saturated carbocycles. The van der Waals surface area contributed by atoms with E-state index in [1.807, 2.05) is 0 Å². The third-order valence-electron chi connectivity index (χ3n) is 6.62. The van der Waals surface area contributed by atoms with Crippen LogP contribution in [0.3, 0.4) is 0 Å². The number of carbonyl (C=O) groups excluding carboxylic acids is 5. The molecule has 0 aromatic heterocycles. The minimum absolute atomic E-state index is 0.0199. The third kappa shape index (κ3) is 9.55. The number of carbonyl (C=O) groups is 6. The quantitative estimate of drug-likeness (QED) is 0.283. The number of alkyl halides is 3. The minimum Gasteiger partial charge on any atom is -0.489 e. The maximum Gasteiger partial charge on any atom is 0.490 e. The Kier molecular flexibility index (Phi) is 12.3.